The van der Waals surface area contributed by atoms with Crippen molar-refractivity contribution in [3.05, 3.63) is 54.2 Å². The first-order valence-corrected chi connectivity index (χ1v) is 8.64. The van der Waals surface area contributed by atoms with Crippen LogP contribution in [0.2, 0.25) is 0 Å². The second kappa shape index (κ2) is 6.71. The maximum Gasteiger partial charge on any atom is 0.142 e. The van der Waals surface area contributed by atoms with Crippen molar-refractivity contribution in [1.29, 1.82) is 0 Å². The van der Waals surface area contributed by atoms with Gasteiger partial charge in [0.25, 0.3) is 0 Å². The molecule has 0 unspecified atom stereocenters. The lowest BCUT2D eigenvalue weighted by Crippen LogP contribution is -2.22. The Morgan fingerprint density at radius 3 is 3.08 bits per heavy atom. The van der Waals surface area contributed by atoms with Crippen LogP contribution in [-0.2, 0) is 13.5 Å². The highest BCUT2D eigenvalue weighted by molar-refractivity contribution is 5.93. The van der Waals surface area contributed by atoms with Crippen molar-refractivity contribution in [3.63, 3.8) is 0 Å². The zero-order chi connectivity index (χ0) is 18.1. The van der Waals surface area contributed by atoms with Gasteiger partial charge in [-0.2, -0.15) is 0 Å². The molecule has 5 nitrogen and oxygen atoms in total. The zero-order valence-corrected chi connectivity index (χ0v) is 14.7. The fraction of sp³-hybridized carbons (Fsp3) is 0.250. The minimum Gasteiger partial charge on any atom is -0.491 e. The maximum absolute atomic E-state index is 12.3. The van der Waals surface area contributed by atoms with Crippen LogP contribution in [0.3, 0.4) is 0 Å². The van der Waals surface area contributed by atoms with Crippen LogP contribution in [0.25, 0.3) is 16.7 Å². The molecule has 4 rings (SSSR count). The Morgan fingerprint density at radius 2 is 2.23 bits per heavy atom. The Kier molecular flexibility index (Phi) is 4.24. The molecule has 0 aliphatic carbocycles. The van der Waals surface area contributed by atoms with E-state index in [4.69, 9.17) is 9.72 Å². The number of hydrogen-bond acceptors (Lipinski definition) is 4. The van der Waals surface area contributed by atoms with E-state index >= 15 is 0 Å². The molecule has 134 valence electrons. The molecule has 0 saturated heterocycles. The summed E-state index contributed by atoms with van der Waals surface area (Å²) in [6.07, 6.45) is 0.956. The van der Waals surface area contributed by atoms with E-state index in [1.807, 2.05) is 31.3 Å². The van der Waals surface area contributed by atoms with Gasteiger partial charge in [0.2, 0.25) is 0 Å². The Hall–Kier alpha value is -3.02. The molecule has 3 aromatic rings. The van der Waals surface area contributed by atoms with Crippen molar-refractivity contribution in [2.45, 2.75) is 6.42 Å². The topological polar surface area (TPSA) is 51.1 Å². The van der Waals surface area contributed by atoms with Gasteiger partial charge in [0.05, 0.1) is 0 Å². The maximum atomic E-state index is 12.3. The van der Waals surface area contributed by atoms with Gasteiger partial charge in [-0.3, -0.25) is 0 Å². The summed E-state index contributed by atoms with van der Waals surface area (Å²) < 4.78 is 19.7. The molecule has 1 aliphatic rings. The molecule has 0 spiro atoms. The number of alkyl halides is 1. The lowest BCUT2D eigenvalue weighted by atomic mass is 10.0. The van der Waals surface area contributed by atoms with E-state index in [2.05, 4.69) is 27.8 Å². The van der Waals surface area contributed by atoms with E-state index in [-0.39, 0.29) is 6.61 Å². The number of fused-ring (bicyclic) bond motifs is 3. The van der Waals surface area contributed by atoms with Crippen molar-refractivity contribution < 1.29 is 9.13 Å². The predicted octanol–water partition coefficient (Wildman–Crippen LogP) is 3.78. The summed E-state index contributed by atoms with van der Waals surface area (Å²) in [6, 6.07) is 11.5. The van der Waals surface area contributed by atoms with Crippen molar-refractivity contribution in [2.75, 3.05) is 25.1 Å². The van der Waals surface area contributed by atoms with Crippen LogP contribution in [0.1, 0.15) is 11.3 Å². The minimum absolute atomic E-state index is 0.0560. The molecule has 26 heavy (non-hydrogen) atoms. The number of ether oxygens (including phenoxy) is 1. The van der Waals surface area contributed by atoms with E-state index in [0.29, 0.717) is 5.75 Å². The molecular formula is C20H21FN4O. The minimum atomic E-state index is -0.506. The van der Waals surface area contributed by atoms with Crippen LogP contribution < -0.4 is 15.4 Å². The van der Waals surface area contributed by atoms with Crippen LogP contribution in [-0.4, -0.2) is 29.4 Å². The normalized spacial score (nSPS) is 13.4. The summed E-state index contributed by atoms with van der Waals surface area (Å²) >= 11 is 0. The average Bonchev–Trinajstić information content (AvgIpc) is 2.94. The molecule has 0 radical (unpaired) electrons. The average molecular weight is 352 g/mol. The van der Waals surface area contributed by atoms with E-state index in [1.54, 1.807) is 6.07 Å². The van der Waals surface area contributed by atoms with Gasteiger partial charge in [0.15, 0.2) is 0 Å². The number of aromatic nitrogens is 2. The third-order valence-corrected chi connectivity index (χ3v) is 4.61. The zero-order valence-electron chi connectivity index (χ0n) is 14.7. The molecule has 3 heterocycles. The number of aryl methyl sites for hydroxylation is 1. The highest BCUT2D eigenvalue weighted by Gasteiger charge is 2.21. The van der Waals surface area contributed by atoms with Crippen LogP contribution in [0.5, 0.6) is 5.75 Å². The summed E-state index contributed by atoms with van der Waals surface area (Å²) in [5, 5.41) is 7.73. The van der Waals surface area contributed by atoms with Gasteiger partial charge in [-0.05, 0) is 24.3 Å². The Bertz CT molecular complexity index is 979. The summed E-state index contributed by atoms with van der Waals surface area (Å²) in [4.78, 5) is 4.78. The number of hydrogen-bond donors (Lipinski definition) is 2. The van der Waals surface area contributed by atoms with Crippen molar-refractivity contribution in [1.82, 2.24) is 14.9 Å². The molecule has 0 fully saturated rings. The van der Waals surface area contributed by atoms with E-state index in [0.717, 1.165) is 46.8 Å². The summed E-state index contributed by atoms with van der Waals surface area (Å²) in [5.74, 6) is 1.38. The highest BCUT2D eigenvalue weighted by atomic mass is 19.1. The first-order chi connectivity index (χ1) is 12.7. The first kappa shape index (κ1) is 16.4. The number of nitrogens with one attached hydrogen (secondary N) is 2. The number of halogens is 1. The highest BCUT2D eigenvalue weighted by Crippen LogP contribution is 2.32. The van der Waals surface area contributed by atoms with Crippen molar-refractivity contribution in [2.24, 2.45) is 7.05 Å². The SMILES string of the molecule is C=C1NCCc2c1c1ccc(Nc3cccc(OCCF)c3)nc1n2C. The molecule has 0 amide bonds. The smallest absolute Gasteiger partial charge is 0.142 e. The van der Waals surface area contributed by atoms with Gasteiger partial charge in [0, 0.05) is 54.1 Å². The second-order valence-electron chi connectivity index (χ2n) is 6.29. The first-order valence-electron chi connectivity index (χ1n) is 8.64. The predicted molar refractivity (Wildman–Crippen MR) is 103 cm³/mol. The molecule has 0 bridgehead atoms. The fourth-order valence-electron chi connectivity index (χ4n) is 3.44. The molecule has 0 atom stereocenters. The lowest BCUT2D eigenvalue weighted by Gasteiger charge is -2.17. The molecule has 2 N–H and O–H groups in total. The summed E-state index contributed by atoms with van der Waals surface area (Å²) in [5.41, 5.74) is 5.15. The van der Waals surface area contributed by atoms with Gasteiger partial charge in [-0.25, -0.2) is 9.37 Å². The number of benzene rings is 1. The third-order valence-electron chi connectivity index (χ3n) is 4.61. The Morgan fingerprint density at radius 1 is 1.35 bits per heavy atom. The second-order valence-corrected chi connectivity index (χ2v) is 6.29. The standard InChI is InChI=1S/C20H21FN4O/c1-13-19-16-6-7-18(24-20(16)25(2)17(19)8-10-22-13)23-14-4-3-5-15(12-14)26-11-9-21/h3-7,12,22H,1,8-11H2,2H3,(H,23,24). The van der Waals surface area contributed by atoms with Crippen molar-refractivity contribution >= 4 is 28.2 Å². The summed E-state index contributed by atoms with van der Waals surface area (Å²) in [6.45, 7) is 4.58. The Balaban J connectivity index is 1.66. The van der Waals surface area contributed by atoms with Crippen LogP contribution in [0.4, 0.5) is 15.9 Å². The largest absolute Gasteiger partial charge is 0.491 e. The lowest BCUT2D eigenvalue weighted by molar-refractivity contribution is 0.273. The van der Waals surface area contributed by atoms with Crippen LogP contribution in [0, 0.1) is 0 Å². The van der Waals surface area contributed by atoms with E-state index < -0.39 is 6.67 Å². The van der Waals surface area contributed by atoms with Gasteiger partial charge < -0.3 is 19.9 Å². The molecule has 6 heteroatoms. The number of rotatable bonds is 5. The molecular weight excluding hydrogens is 331 g/mol. The number of nitrogens with zero attached hydrogens (tertiary/aromatic N) is 2. The fourth-order valence-corrected chi connectivity index (χ4v) is 3.44. The molecule has 1 aliphatic heterocycles. The monoisotopic (exact) mass is 352 g/mol. The summed E-state index contributed by atoms with van der Waals surface area (Å²) in [7, 11) is 2.04. The number of pyridine rings is 1. The Labute approximate surface area is 151 Å². The third kappa shape index (κ3) is 2.87. The number of anilines is 2. The van der Waals surface area contributed by atoms with Gasteiger partial charge in [0.1, 0.15) is 30.5 Å². The van der Waals surface area contributed by atoms with Gasteiger partial charge >= 0.3 is 0 Å². The van der Waals surface area contributed by atoms with Gasteiger partial charge in [-0.15, -0.1) is 0 Å². The molecule has 0 saturated carbocycles. The van der Waals surface area contributed by atoms with E-state index in [1.165, 1.54) is 5.69 Å². The molecule has 2 aromatic heterocycles. The van der Waals surface area contributed by atoms with Crippen molar-refractivity contribution in [3.8, 4) is 5.75 Å². The van der Waals surface area contributed by atoms with Gasteiger partial charge in [-0.1, -0.05) is 12.6 Å². The molecule has 1 aromatic carbocycles. The van der Waals surface area contributed by atoms with E-state index in [9.17, 15) is 4.39 Å². The van der Waals surface area contributed by atoms with Crippen LogP contribution >= 0.6 is 0 Å². The quantitative estimate of drug-likeness (QED) is 0.734. The van der Waals surface area contributed by atoms with Crippen LogP contribution in [0.15, 0.2) is 43.0 Å².